The van der Waals surface area contributed by atoms with Crippen molar-refractivity contribution in [3.8, 4) is 34.4 Å². The molecular formula is C44H51ClN4O4. The fourth-order valence-corrected chi connectivity index (χ4v) is 8.34. The van der Waals surface area contributed by atoms with Gasteiger partial charge in [0.1, 0.15) is 36.5 Å². The minimum Gasteiger partial charge on any atom is -0.494 e. The molecule has 0 bridgehead atoms. The number of pyridine rings is 1. The van der Waals surface area contributed by atoms with Crippen molar-refractivity contribution in [2.24, 2.45) is 5.41 Å². The maximum atomic E-state index is 9.33. The molecule has 3 aliphatic heterocycles. The van der Waals surface area contributed by atoms with E-state index in [9.17, 15) is 5.26 Å². The highest BCUT2D eigenvalue weighted by atomic mass is 35.5. The summed E-state index contributed by atoms with van der Waals surface area (Å²) in [6.45, 7) is 11.6. The number of rotatable bonds is 14. The summed E-state index contributed by atoms with van der Waals surface area (Å²) in [5.74, 6) is 2.19. The SMILES string of the molecule is Cc1c(COc2cc(OCc3cncc(C#N)c3)c(CN3CCCCC3)cc2Cl)cccc1-c1cccc(OCCCN2CCCC3(CCOC3)C2)c1. The quantitative estimate of drug-likeness (QED) is 0.119. The van der Waals surface area contributed by atoms with Crippen LogP contribution in [0.4, 0.5) is 0 Å². The van der Waals surface area contributed by atoms with Crippen LogP contribution in [0.1, 0.15) is 72.8 Å². The molecule has 53 heavy (non-hydrogen) atoms. The van der Waals surface area contributed by atoms with Gasteiger partial charge in [-0.05, 0) is 112 Å². The molecule has 9 heteroatoms. The van der Waals surface area contributed by atoms with Crippen LogP contribution in [0.25, 0.3) is 11.1 Å². The molecule has 1 unspecified atom stereocenters. The molecule has 1 atom stereocenters. The van der Waals surface area contributed by atoms with Gasteiger partial charge in [-0.25, -0.2) is 0 Å². The first-order chi connectivity index (χ1) is 26.0. The van der Waals surface area contributed by atoms with Crippen LogP contribution in [0.3, 0.4) is 0 Å². The smallest absolute Gasteiger partial charge is 0.142 e. The lowest BCUT2D eigenvalue weighted by atomic mass is 9.79. The fraction of sp³-hybridized carbons (Fsp3) is 0.455. The predicted octanol–water partition coefficient (Wildman–Crippen LogP) is 9.00. The van der Waals surface area contributed by atoms with Crippen LogP contribution in [-0.4, -0.2) is 67.3 Å². The lowest BCUT2D eigenvalue weighted by Gasteiger charge is -2.39. The van der Waals surface area contributed by atoms with E-state index >= 15 is 0 Å². The van der Waals surface area contributed by atoms with Crippen LogP contribution in [-0.2, 0) is 24.5 Å². The second-order valence-corrected chi connectivity index (χ2v) is 15.4. The number of ether oxygens (including phenoxy) is 4. The topological polar surface area (TPSA) is 80.1 Å². The number of likely N-dealkylation sites (tertiary alicyclic amines) is 2. The molecule has 3 fully saturated rings. The average molecular weight is 735 g/mol. The largest absolute Gasteiger partial charge is 0.494 e. The molecule has 4 aromatic rings. The van der Waals surface area contributed by atoms with E-state index in [-0.39, 0.29) is 6.61 Å². The zero-order chi connectivity index (χ0) is 36.5. The Morgan fingerprint density at radius 3 is 2.57 bits per heavy atom. The number of halogens is 1. The van der Waals surface area contributed by atoms with E-state index in [4.69, 9.17) is 30.5 Å². The van der Waals surface area contributed by atoms with Crippen molar-refractivity contribution in [2.75, 3.05) is 52.5 Å². The van der Waals surface area contributed by atoms with Gasteiger partial charge in [0.15, 0.2) is 0 Å². The molecule has 0 aliphatic carbocycles. The highest BCUT2D eigenvalue weighted by Crippen LogP contribution is 2.38. The molecule has 3 aliphatic rings. The first-order valence-corrected chi connectivity index (χ1v) is 19.6. The van der Waals surface area contributed by atoms with Crippen LogP contribution in [0.5, 0.6) is 17.2 Å². The van der Waals surface area contributed by atoms with E-state index in [0.717, 1.165) is 97.2 Å². The summed E-state index contributed by atoms with van der Waals surface area (Å²) in [6.07, 6.45) is 11.7. The summed E-state index contributed by atoms with van der Waals surface area (Å²) in [6, 6.07) is 22.6. The second-order valence-electron chi connectivity index (χ2n) is 15.0. The lowest BCUT2D eigenvalue weighted by Crippen LogP contribution is -2.44. The first kappa shape index (κ1) is 37.2. The first-order valence-electron chi connectivity index (χ1n) is 19.2. The number of aromatic nitrogens is 1. The minimum atomic E-state index is 0.287. The number of hydrogen-bond donors (Lipinski definition) is 0. The Morgan fingerprint density at radius 2 is 1.72 bits per heavy atom. The van der Waals surface area contributed by atoms with Crippen molar-refractivity contribution in [2.45, 2.75) is 71.6 Å². The summed E-state index contributed by atoms with van der Waals surface area (Å²) in [7, 11) is 0. The molecule has 1 aromatic heterocycles. The van der Waals surface area contributed by atoms with E-state index in [0.29, 0.717) is 35.0 Å². The highest BCUT2D eigenvalue weighted by Gasteiger charge is 2.38. The summed E-state index contributed by atoms with van der Waals surface area (Å²) in [4.78, 5) is 9.25. The van der Waals surface area contributed by atoms with Gasteiger partial charge in [-0.2, -0.15) is 5.26 Å². The predicted molar refractivity (Wildman–Crippen MR) is 208 cm³/mol. The number of nitrogens with zero attached hydrogens (tertiary/aromatic N) is 4. The number of benzene rings is 3. The van der Waals surface area contributed by atoms with Crippen molar-refractivity contribution in [1.82, 2.24) is 14.8 Å². The second kappa shape index (κ2) is 17.8. The molecule has 0 amide bonds. The zero-order valence-corrected chi connectivity index (χ0v) is 31.7. The Morgan fingerprint density at radius 1 is 0.868 bits per heavy atom. The van der Waals surface area contributed by atoms with Gasteiger partial charge in [-0.15, -0.1) is 0 Å². The molecule has 0 saturated carbocycles. The molecule has 278 valence electrons. The number of piperidine rings is 2. The number of nitriles is 1. The molecule has 3 aromatic carbocycles. The van der Waals surface area contributed by atoms with Gasteiger partial charge < -0.3 is 23.8 Å². The van der Waals surface area contributed by atoms with Crippen LogP contribution in [0, 0.1) is 23.7 Å². The van der Waals surface area contributed by atoms with Crippen LogP contribution >= 0.6 is 11.6 Å². The third-order valence-electron chi connectivity index (χ3n) is 11.1. The van der Waals surface area contributed by atoms with E-state index in [2.05, 4.69) is 64.2 Å². The molecule has 0 radical (unpaired) electrons. The fourth-order valence-electron chi connectivity index (χ4n) is 8.10. The lowest BCUT2D eigenvalue weighted by molar-refractivity contribution is 0.0657. The van der Waals surface area contributed by atoms with Crippen LogP contribution in [0.2, 0.25) is 5.02 Å². The Kier molecular flexibility index (Phi) is 12.5. The average Bonchev–Trinajstić information content (AvgIpc) is 3.63. The van der Waals surface area contributed by atoms with Crippen molar-refractivity contribution in [1.29, 1.82) is 5.26 Å². The monoisotopic (exact) mass is 734 g/mol. The molecular weight excluding hydrogens is 684 g/mol. The Labute approximate surface area is 319 Å². The Bertz CT molecular complexity index is 1880. The van der Waals surface area contributed by atoms with Gasteiger partial charge in [0.05, 0.1) is 23.8 Å². The van der Waals surface area contributed by atoms with E-state index in [1.165, 1.54) is 45.1 Å². The van der Waals surface area contributed by atoms with Crippen molar-refractivity contribution >= 4 is 11.6 Å². The third kappa shape index (κ3) is 9.71. The zero-order valence-electron chi connectivity index (χ0n) is 31.0. The van der Waals surface area contributed by atoms with Crippen molar-refractivity contribution < 1.29 is 18.9 Å². The number of hydrogen-bond acceptors (Lipinski definition) is 8. The summed E-state index contributed by atoms with van der Waals surface area (Å²) in [5.41, 5.74) is 7.24. The molecule has 0 N–H and O–H groups in total. The van der Waals surface area contributed by atoms with Crippen molar-refractivity contribution in [3.63, 3.8) is 0 Å². The molecule has 4 heterocycles. The van der Waals surface area contributed by atoms with Gasteiger partial charge in [0.25, 0.3) is 0 Å². The minimum absolute atomic E-state index is 0.287. The Balaban J connectivity index is 0.995. The molecule has 8 nitrogen and oxygen atoms in total. The maximum Gasteiger partial charge on any atom is 0.142 e. The standard InChI is InChI=1S/C44H51ClN4O4/c1-33-37(10-6-12-40(33)36-9-5-11-39(22-36)51-19-8-18-49-17-7-13-44(31-49)14-20-50-32-44)30-53-43-24-42(52-29-35-21-34(25-46)26-47-27-35)38(23-41(43)45)28-48-15-3-2-4-16-48/h5-6,9-12,21-24,26-27H,2-4,7-8,13-20,28-32H2,1H3. The van der Waals surface area contributed by atoms with E-state index < -0.39 is 0 Å². The summed E-state index contributed by atoms with van der Waals surface area (Å²) >= 11 is 6.88. The van der Waals surface area contributed by atoms with Gasteiger partial charge in [0, 0.05) is 61.2 Å². The van der Waals surface area contributed by atoms with Gasteiger partial charge >= 0.3 is 0 Å². The van der Waals surface area contributed by atoms with E-state index in [1.807, 2.05) is 18.2 Å². The van der Waals surface area contributed by atoms with Crippen molar-refractivity contribution in [3.05, 3.63) is 106 Å². The molecule has 7 rings (SSSR count). The van der Waals surface area contributed by atoms with Crippen LogP contribution in [0.15, 0.2) is 73.1 Å². The third-order valence-corrected chi connectivity index (χ3v) is 11.4. The molecule has 3 saturated heterocycles. The highest BCUT2D eigenvalue weighted by molar-refractivity contribution is 6.32. The normalized spacial score (nSPS) is 19.3. The molecule has 1 spiro atoms. The van der Waals surface area contributed by atoms with Gasteiger partial charge in [-0.3, -0.25) is 9.88 Å². The van der Waals surface area contributed by atoms with E-state index in [1.54, 1.807) is 18.5 Å². The maximum absolute atomic E-state index is 9.33. The Hall–Kier alpha value is -4.13. The van der Waals surface area contributed by atoms with Gasteiger partial charge in [-0.1, -0.05) is 48.4 Å². The summed E-state index contributed by atoms with van der Waals surface area (Å²) < 4.78 is 24.8. The van der Waals surface area contributed by atoms with Gasteiger partial charge in [0.2, 0.25) is 0 Å². The van der Waals surface area contributed by atoms with Crippen LogP contribution < -0.4 is 14.2 Å². The summed E-state index contributed by atoms with van der Waals surface area (Å²) in [5, 5.41) is 9.89.